The summed E-state index contributed by atoms with van der Waals surface area (Å²) in [5.41, 5.74) is 2.46. The number of rotatable bonds is 14. The molecule has 5 amide bonds. The van der Waals surface area contributed by atoms with Crippen LogP contribution in [-0.2, 0) is 33.6 Å². The van der Waals surface area contributed by atoms with E-state index < -0.39 is 48.5 Å². The zero-order chi connectivity index (χ0) is 54.6. The molecule has 2 aromatic rings. The van der Waals surface area contributed by atoms with E-state index in [2.05, 4.69) is 36.0 Å². The molecule has 2 aromatic carbocycles. The van der Waals surface area contributed by atoms with E-state index >= 15 is 0 Å². The first kappa shape index (κ1) is 61.6. The van der Waals surface area contributed by atoms with E-state index in [9.17, 15) is 63.5 Å². The van der Waals surface area contributed by atoms with Crippen molar-refractivity contribution < 1.29 is 93.2 Å². The monoisotopic (exact) mass is 1040 g/mol. The van der Waals surface area contributed by atoms with Gasteiger partial charge < -0.3 is 41.5 Å². The Balaban J connectivity index is 0.000000705. The SMILES string of the molecule is CC(=O)N[C@@H](C)C(=O)N[C@@H](C)C(=O)NCCN1CCN(CCCCC2CCN(CC(=O)N3c4ccccc4NC(=O)c4ccccc43)CC2)CC1.O=C(O)C(F)(F)F.O=C(O)C(F)(F)F.O=C(O)C(F)(F)F. The highest BCUT2D eigenvalue weighted by Crippen LogP contribution is 2.38. The maximum absolute atomic E-state index is 13.8. The van der Waals surface area contributed by atoms with E-state index in [0.717, 1.165) is 65.2 Å². The summed E-state index contributed by atoms with van der Waals surface area (Å²) in [6.45, 7) is 13.0. The lowest BCUT2D eigenvalue weighted by molar-refractivity contribution is -0.193. The fourth-order valence-corrected chi connectivity index (χ4v) is 7.19. The molecule has 2 fully saturated rings. The van der Waals surface area contributed by atoms with Crippen molar-refractivity contribution in [3.05, 3.63) is 54.1 Å². The van der Waals surface area contributed by atoms with Gasteiger partial charge in [-0.05, 0) is 82.9 Å². The van der Waals surface area contributed by atoms with Gasteiger partial charge in [-0.2, -0.15) is 39.5 Å². The Morgan fingerprint density at radius 3 is 1.60 bits per heavy atom. The van der Waals surface area contributed by atoms with E-state index in [1.54, 1.807) is 24.8 Å². The van der Waals surface area contributed by atoms with E-state index in [0.29, 0.717) is 41.6 Å². The smallest absolute Gasteiger partial charge is 0.475 e. The third-order valence-electron chi connectivity index (χ3n) is 10.9. The fraction of sp³-hybridized carbons (Fsp3) is 0.545. The van der Waals surface area contributed by atoms with Crippen LogP contribution in [-0.4, -0.2) is 174 Å². The molecule has 0 radical (unpaired) electrons. The number of halogens is 9. The Kier molecular flexibility index (Phi) is 24.4. The van der Waals surface area contributed by atoms with Gasteiger partial charge in [0.1, 0.15) is 12.1 Å². The summed E-state index contributed by atoms with van der Waals surface area (Å²) in [6, 6.07) is 13.4. The molecule has 72 heavy (non-hydrogen) atoms. The molecule has 28 heteroatoms. The third kappa shape index (κ3) is 21.8. The Hall–Kier alpha value is -6.55. The lowest BCUT2D eigenvalue weighted by Crippen LogP contribution is -2.52. The van der Waals surface area contributed by atoms with Crippen LogP contribution in [0.5, 0.6) is 0 Å². The number of aliphatic carboxylic acids is 3. The van der Waals surface area contributed by atoms with Gasteiger partial charge in [-0.15, -0.1) is 0 Å². The van der Waals surface area contributed by atoms with Crippen molar-refractivity contribution in [2.75, 3.05) is 75.7 Å². The van der Waals surface area contributed by atoms with Crippen LogP contribution in [0, 0.1) is 5.92 Å². The number of carboxylic acids is 3. The number of unbranched alkanes of at least 4 members (excludes halogenated alkanes) is 1. The second-order valence-corrected chi connectivity index (χ2v) is 16.5. The van der Waals surface area contributed by atoms with Crippen molar-refractivity contribution >= 4 is 64.5 Å². The van der Waals surface area contributed by atoms with Gasteiger partial charge in [-0.3, -0.25) is 38.7 Å². The summed E-state index contributed by atoms with van der Waals surface area (Å²) >= 11 is 0. The maximum atomic E-state index is 13.8. The number of piperidine rings is 1. The molecule has 0 saturated carbocycles. The summed E-state index contributed by atoms with van der Waals surface area (Å²) in [5, 5.41) is 32.4. The molecule has 0 spiro atoms. The normalized spacial score (nSPS) is 16.3. The zero-order valence-corrected chi connectivity index (χ0v) is 39.3. The van der Waals surface area contributed by atoms with Crippen LogP contribution >= 0.6 is 0 Å². The number of carbonyl (C=O) groups excluding carboxylic acids is 5. The minimum absolute atomic E-state index is 0.0272. The molecule has 19 nitrogen and oxygen atoms in total. The fourth-order valence-electron chi connectivity index (χ4n) is 7.19. The number of piperazine rings is 1. The summed E-state index contributed by atoms with van der Waals surface area (Å²) in [5.74, 6) is -8.74. The minimum Gasteiger partial charge on any atom is -0.475 e. The first-order chi connectivity index (χ1) is 33.4. The summed E-state index contributed by atoms with van der Waals surface area (Å²) in [4.78, 5) is 97.9. The van der Waals surface area contributed by atoms with Gasteiger partial charge in [0.25, 0.3) is 5.91 Å². The number of benzene rings is 2. The van der Waals surface area contributed by atoms with Gasteiger partial charge in [0.05, 0.1) is 29.2 Å². The lowest BCUT2D eigenvalue weighted by atomic mass is 9.91. The number of carbonyl (C=O) groups is 8. The predicted molar refractivity (Wildman–Crippen MR) is 239 cm³/mol. The number of nitrogens with one attached hydrogen (secondary N) is 4. The summed E-state index contributed by atoms with van der Waals surface area (Å²) in [7, 11) is 0. The molecule has 0 aliphatic carbocycles. The van der Waals surface area contributed by atoms with Crippen molar-refractivity contribution in [1.29, 1.82) is 0 Å². The molecule has 3 heterocycles. The summed E-state index contributed by atoms with van der Waals surface area (Å²) < 4.78 is 95.2. The Bertz CT molecular complexity index is 2110. The van der Waals surface area contributed by atoms with Gasteiger partial charge in [-0.25, -0.2) is 14.4 Å². The van der Waals surface area contributed by atoms with Crippen molar-refractivity contribution in [3.8, 4) is 0 Å². The second-order valence-electron chi connectivity index (χ2n) is 16.5. The first-order valence-corrected chi connectivity index (χ1v) is 22.2. The molecule has 2 atom stereocenters. The number of likely N-dealkylation sites (tertiary alicyclic amines) is 1. The number of alkyl halides is 9. The van der Waals surface area contributed by atoms with E-state index in [1.807, 2.05) is 42.5 Å². The minimum atomic E-state index is -5.08. The third-order valence-corrected chi connectivity index (χ3v) is 10.9. The lowest BCUT2D eigenvalue weighted by Gasteiger charge is -2.35. The van der Waals surface area contributed by atoms with Gasteiger partial charge in [0, 0.05) is 46.2 Å². The van der Waals surface area contributed by atoms with Gasteiger partial charge >= 0.3 is 36.4 Å². The van der Waals surface area contributed by atoms with Gasteiger partial charge in [0.15, 0.2) is 0 Å². The van der Waals surface area contributed by atoms with Gasteiger partial charge in [0.2, 0.25) is 23.6 Å². The van der Waals surface area contributed by atoms with Crippen molar-refractivity contribution in [2.24, 2.45) is 5.92 Å². The number of para-hydroxylation sites is 3. The van der Waals surface area contributed by atoms with Gasteiger partial charge in [-0.1, -0.05) is 37.1 Å². The topological polar surface area (TPSA) is 258 Å². The molecule has 0 unspecified atom stereocenters. The average molecular weight is 1040 g/mol. The van der Waals surface area contributed by atoms with Crippen LogP contribution in [0.1, 0.15) is 63.2 Å². The predicted octanol–water partition coefficient (Wildman–Crippen LogP) is 4.46. The molecule has 2 saturated heterocycles. The highest BCUT2D eigenvalue weighted by Gasteiger charge is 2.40. The number of fused-ring (bicyclic) bond motifs is 2. The number of amides is 5. The highest BCUT2D eigenvalue weighted by atomic mass is 19.4. The maximum Gasteiger partial charge on any atom is 0.490 e. The number of carboxylic acid groups (broad SMARTS) is 3. The Labute approximate surface area is 407 Å². The molecule has 5 rings (SSSR count). The standard InChI is InChI=1S/C38H54N8O5.3C2HF3O2/c1-27(41-37(50)28(2)40-29(3)47)36(49)39-17-21-44-24-22-43(23-25-44)18-9-8-10-30-15-19-45(20-16-30)26-35(48)46-33-13-6-4-11-31(33)38(51)42-32-12-5-7-14-34(32)46;3*3-2(4,5)1(6)7/h4-7,11-14,27-28,30H,8-10,15-26H2,1-3H3,(H,39,49)(H,40,47)(H,41,50)(H,42,51);3*(H,6,7)/t27-,28-;;;/m0.../s1. The van der Waals surface area contributed by atoms with Crippen LogP contribution in [0.25, 0.3) is 0 Å². The first-order valence-electron chi connectivity index (χ1n) is 22.2. The van der Waals surface area contributed by atoms with E-state index in [4.69, 9.17) is 29.7 Å². The summed E-state index contributed by atoms with van der Waals surface area (Å²) in [6.07, 6.45) is -9.46. The quantitative estimate of drug-likeness (QED) is 0.102. The number of anilines is 3. The van der Waals surface area contributed by atoms with Crippen LogP contribution in [0.15, 0.2) is 48.5 Å². The van der Waals surface area contributed by atoms with Crippen LogP contribution < -0.4 is 26.2 Å². The largest absolute Gasteiger partial charge is 0.490 e. The molecular formula is C44H57F9N8O11. The molecule has 0 bridgehead atoms. The zero-order valence-electron chi connectivity index (χ0n) is 39.3. The number of hydrogen-bond donors (Lipinski definition) is 7. The number of hydrogen-bond acceptors (Lipinski definition) is 11. The van der Waals surface area contributed by atoms with Crippen LogP contribution in [0.2, 0.25) is 0 Å². The Morgan fingerprint density at radius 2 is 1.10 bits per heavy atom. The second kappa shape index (κ2) is 28.5. The average Bonchev–Trinajstić information content (AvgIpc) is 3.41. The van der Waals surface area contributed by atoms with Crippen LogP contribution in [0.4, 0.5) is 56.6 Å². The van der Waals surface area contributed by atoms with Crippen molar-refractivity contribution in [3.63, 3.8) is 0 Å². The highest BCUT2D eigenvalue weighted by molar-refractivity contribution is 6.18. The van der Waals surface area contributed by atoms with Crippen molar-refractivity contribution in [1.82, 2.24) is 30.7 Å². The van der Waals surface area contributed by atoms with Crippen LogP contribution in [0.3, 0.4) is 0 Å². The Morgan fingerprint density at radius 1 is 0.639 bits per heavy atom. The molecular weight excluding hydrogens is 988 g/mol. The molecule has 3 aliphatic heterocycles. The van der Waals surface area contributed by atoms with Crippen molar-refractivity contribution in [2.45, 2.75) is 83.5 Å². The molecule has 402 valence electrons. The van der Waals surface area contributed by atoms with E-state index in [-0.39, 0.29) is 29.5 Å². The molecule has 3 aliphatic rings. The molecule has 7 N–H and O–H groups in total. The molecule has 0 aromatic heterocycles. The number of nitrogens with zero attached hydrogens (tertiary/aromatic N) is 4. The van der Waals surface area contributed by atoms with E-state index in [1.165, 1.54) is 26.2 Å².